The van der Waals surface area contributed by atoms with E-state index < -0.39 is 17.8 Å². The Labute approximate surface area is 220 Å². The molecular weight excluding hydrogens is 583 g/mol. The molecule has 0 atom stereocenters. The van der Waals surface area contributed by atoms with Crippen molar-refractivity contribution in [3.8, 4) is 11.5 Å². The second-order valence-corrected chi connectivity index (χ2v) is 9.30. The second kappa shape index (κ2) is 10.5. The smallest absolute Gasteiger partial charge is 0.335 e. The quantitative estimate of drug-likeness (QED) is 0.229. The van der Waals surface area contributed by atoms with Crippen LogP contribution in [-0.2, 0) is 16.2 Å². The topological polar surface area (TPSA) is 84.9 Å². The number of aryl methyl sites for hydroxylation is 1. The van der Waals surface area contributed by atoms with Crippen LogP contribution in [-0.4, -0.2) is 25.0 Å². The summed E-state index contributed by atoms with van der Waals surface area (Å²) in [5.41, 5.74) is 2.40. The van der Waals surface area contributed by atoms with Gasteiger partial charge in [-0.25, -0.2) is 9.69 Å². The zero-order valence-electron chi connectivity index (χ0n) is 18.8. The van der Waals surface area contributed by atoms with Gasteiger partial charge in [0.25, 0.3) is 11.8 Å². The maximum atomic E-state index is 13.2. The standard InChI is InChI=1S/C26H20ClIN2O5/c1-15-6-3-4-9-21(15)30-25(32)19(24(31)29-26(30)33)11-17-12-20(28)23(22(13-17)34-2)35-14-16-7-5-8-18(27)10-16/h3-13H,14H2,1-2H3,(H,29,31,33)/b19-11+. The molecule has 9 heteroatoms. The molecule has 0 unspecified atom stereocenters. The molecule has 1 saturated heterocycles. The number of rotatable bonds is 6. The molecule has 0 aliphatic carbocycles. The number of nitrogens with one attached hydrogen (secondary N) is 1. The van der Waals surface area contributed by atoms with Gasteiger partial charge in [0.2, 0.25) is 0 Å². The van der Waals surface area contributed by atoms with Crippen LogP contribution >= 0.6 is 34.2 Å². The number of nitrogens with zero attached hydrogens (tertiary/aromatic N) is 1. The molecule has 1 N–H and O–H groups in total. The number of anilines is 1. The lowest BCUT2D eigenvalue weighted by Crippen LogP contribution is -2.54. The van der Waals surface area contributed by atoms with Crippen molar-refractivity contribution in [1.82, 2.24) is 5.32 Å². The van der Waals surface area contributed by atoms with E-state index in [0.717, 1.165) is 16.0 Å². The van der Waals surface area contributed by atoms with Crippen LogP contribution in [0.15, 0.2) is 66.2 Å². The van der Waals surface area contributed by atoms with Gasteiger partial charge in [-0.3, -0.25) is 14.9 Å². The van der Waals surface area contributed by atoms with Gasteiger partial charge in [0, 0.05) is 5.02 Å². The molecule has 0 bridgehead atoms. The highest BCUT2D eigenvalue weighted by Crippen LogP contribution is 2.36. The van der Waals surface area contributed by atoms with Gasteiger partial charge in [-0.05, 0) is 82.6 Å². The number of urea groups is 1. The van der Waals surface area contributed by atoms with Crippen LogP contribution in [0.25, 0.3) is 6.08 Å². The summed E-state index contributed by atoms with van der Waals surface area (Å²) in [5, 5.41) is 2.86. The van der Waals surface area contributed by atoms with E-state index in [-0.39, 0.29) is 12.2 Å². The van der Waals surface area contributed by atoms with Gasteiger partial charge in [-0.15, -0.1) is 0 Å². The molecule has 178 valence electrons. The molecule has 0 saturated carbocycles. The summed E-state index contributed by atoms with van der Waals surface area (Å²) in [6.07, 6.45) is 1.43. The number of hydrogen-bond acceptors (Lipinski definition) is 5. The van der Waals surface area contributed by atoms with Gasteiger partial charge >= 0.3 is 6.03 Å². The third kappa shape index (κ3) is 5.33. The van der Waals surface area contributed by atoms with E-state index in [1.54, 1.807) is 49.4 Å². The summed E-state index contributed by atoms with van der Waals surface area (Å²) in [5.74, 6) is -0.518. The molecule has 1 fully saturated rings. The van der Waals surface area contributed by atoms with Gasteiger partial charge in [0.1, 0.15) is 12.2 Å². The lowest BCUT2D eigenvalue weighted by molar-refractivity contribution is -0.122. The molecule has 1 aliphatic heterocycles. The lowest BCUT2D eigenvalue weighted by Gasteiger charge is -2.27. The zero-order chi connectivity index (χ0) is 25.1. The summed E-state index contributed by atoms with van der Waals surface area (Å²) in [6, 6.07) is 16.9. The van der Waals surface area contributed by atoms with Crippen LogP contribution in [0.4, 0.5) is 10.5 Å². The van der Waals surface area contributed by atoms with E-state index in [1.807, 2.05) is 18.2 Å². The molecule has 4 amide bonds. The fraction of sp³-hybridized carbons (Fsp3) is 0.115. The third-order valence-corrected chi connectivity index (χ3v) is 6.33. The van der Waals surface area contributed by atoms with Gasteiger partial charge < -0.3 is 9.47 Å². The number of ether oxygens (including phenoxy) is 2. The predicted molar refractivity (Wildman–Crippen MR) is 142 cm³/mol. The number of amides is 4. The van der Waals surface area contributed by atoms with Crippen molar-refractivity contribution in [1.29, 1.82) is 0 Å². The second-order valence-electron chi connectivity index (χ2n) is 7.70. The number of barbiturate groups is 1. The number of halogens is 2. The lowest BCUT2D eigenvalue weighted by atomic mass is 10.1. The van der Waals surface area contributed by atoms with Crippen LogP contribution in [0.1, 0.15) is 16.7 Å². The van der Waals surface area contributed by atoms with E-state index in [0.29, 0.717) is 31.3 Å². The van der Waals surface area contributed by atoms with E-state index in [1.165, 1.54) is 13.2 Å². The Kier molecular flexibility index (Phi) is 7.42. The third-order valence-electron chi connectivity index (χ3n) is 5.29. The predicted octanol–water partition coefficient (Wildman–Crippen LogP) is 5.51. The number of benzene rings is 3. The average Bonchev–Trinajstić information content (AvgIpc) is 2.82. The molecule has 7 nitrogen and oxygen atoms in total. The highest BCUT2D eigenvalue weighted by molar-refractivity contribution is 14.1. The van der Waals surface area contributed by atoms with Crippen LogP contribution < -0.4 is 19.7 Å². The summed E-state index contributed by atoms with van der Waals surface area (Å²) < 4.78 is 12.2. The van der Waals surface area contributed by atoms with Crippen LogP contribution in [0.2, 0.25) is 5.02 Å². The number of hydrogen-bond donors (Lipinski definition) is 1. The SMILES string of the molecule is COc1cc(/C=C2\C(=O)NC(=O)N(c3ccccc3C)C2=O)cc(I)c1OCc1cccc(Cl)c1. The molecule has 4 rings (SSSR count). The molecule has 0 spiro atoms. The van der Waals surface area contributed by atoms with E-state index in [4.69, 9.17) is 21.1 Å². The molecule has 3 aromatic rings. The fourth-order valence-corrected chi connectivity index (χ4v) is 4.60. The maximum Gasteiger partial charge on any atom is 0.335 e. The summed E-state index contributed by atoms with van der Waals surface area (Å²) >= 11 is 8.15. The first-order chi connectivity index (χ1) is 16.8. The van der Waals surface area contributed by atoms with Gasteiger partial charge in [0.05, 0.1) is 16.4 Å². The Morgan fingerprint density at radius 2 is 1.83 bits per heavy atom. The van der Waals surface area contributed by atoms with Crippen molar-refractivity contribution in [3.63, 3.8) is 0 Å². The summed E-state index contributed by atoms with van der Waals surface area (Å²) in [6.45, 7) is 2.06. The Morgan fingerprint density at radius 1 is 1.06 bits per heavy atom. The van der Waals surface area contributed by atoms with Gasteiger partial charge in [-0.2, -0.15) is 0 Å². The molecule has 0 radical (unpaired) electrons. The minimum atomic E-state index is -0.789. The number of methoxy groups -OCH3 is 1. The van der Waals surface area contributed by atoms with Crippen molar-refractivity contribution >= 4 is 63.8 Å². The summed E-state index contributed by atoms with van der Waals surface area (Å²) in [4.78, 5) is 39.2. The van der Waals surface area contributed by atoms with E-state index in [2.05, 4.69) is 27.9 Å². The van der Waals surface area contributed by atoms with Crippen LogP contribution in [0.3, 0.4) is 0 Å². The Balaban J connectivity index is 1.65. The van der Waals surface area contributed by atoms with Crippen LogP contribution in [0, 0.1) is 10.5 Å². The average molecular weight is 603 g/mol. The maximum absolute atomic E-state index is 13.2. The monoisotopic (exact) mass is 602 g/mol. The Hall–Kier alpha value is -3.37. The first-order valence-electron chi connectivity index (χ1n) is 10.5. The molecule has 1 aliphatic rings. The number of para-hydroxylation sites is 1. The zero-order valence-corrected chi connectivity index (χ0v) is 21.7. The van der Waals surface area contributed by atoms with E-state index >= 15 is 0 Å². The molecule has 1 heterocycles. The highest BCUT2D eigenvalue weighted by atomic mass is 127. The molecular formula is C26H20ClIN2O5. The molecule has 35 heavy (non-hydrogen) atoms. The highest BCUT2D eigenvalue weighted by Gasteiger charge is 2.37. The number of carbonyl (C=O) groups is 3. The Bertz CT molecular complexity index is 1370. The largest absolute Gasteiger partial charge is 0.493 e. The minimum Gasteiger partial charge on any atom is -0.493 e. The normalized spacial score (nSPS) is 14.8. The van der Waals surface area contributed by atoms with Gasteiger partial charge in [0.15, 0.2) is 11.5 Å². The summed E-state index contributed by atoms with van der Waals surface area (Å²) in [7, 11) is 1.51. The van der Waals surface area contributed by atoms with Crippen molar-refractivity contribution in [2.75, 3.05) is 12.0 Å². The van der Waals surface area contributed by atoms with Crippen molar-refractivity contribution < 1.29 is 23.9 Å². The van der Waals surface area contributed by atoms with Crippen LogP contribution in [0.5, 0.6) is 11.5 Å². The molecule has 0 aromatic heterocycles. The molecule has 3 aromatic carbocycles. The Morgan fingerprint density at radius 3 is 2.54 bits per heavy atom. The van der Waals surface area contributed by atoms with Crippen molar-refractivity contribution in [3.05, 3.63) is 91.5 Å². The number of carbonyl (C=O) groups excluding carboxylic acids is 3. The fourth-order valence-electron chi connectivity index (χ4n) is 3.60. The van der Waals surface area contributed by atoms with Crippen molar-refractivity contribution in [2.45, 2.75) is 13.5 Å². The first kappa shape index (κ1) is 24.7. The van der Waals surface area contributed by atoms with E-state index in [9.17, 15) is 14.4 Å². The minimum absolute atomic E-state index is 0.168. The first-order valence-corrected chi connectivity index (χ1v) is 12.0. The van der Waals surface area contributed by atoms with Crippen molar-refractivity contribution in [2.24, 2.45) is 0 Å². The van der Waals surface area contributed by atoms with Gasteiger partial charge in [-0.1, -0.05) is 41.9 Å². The number of imide groups is 2.